The maximum absolute atomic E-state index is 9.71. The number of nitrogens with zero attached hydrogens (tertiary/aromatic N) is 3. The molecule has 2 aliphatic carbocycles. The van der Waals surface area contributed by atoms with Crippen LogP contribution in [0.25, 0.3) is 78.0 Å². The highest BCUT2D eigenvalue weighted by atomic mass is 15.0. The lowest BCUT2D eigenvalue weighted by Gasteiger charge is -2.43. The molecule has 52 heavy (non-hydrogen) atoms. The van der Waals surface area contributed by atoms with Gasteiger partial charge in [-0.3, -0.25) is 0 Å². The molecule has 1 saturated carbocycles. The molecule has 0 bridgehead atoms. The standard InChI is InChI=1S/C49H39N3/c1-48(2)26-28-49(29-27-48)43-23-13-12-21-39(43)40-25-24-34(31-44(40)49)36-18-8-11-22-41(36)46-50-45(32-14-4-3-5-15-32)51-47(52-46)42-30-33-16-6-7-17-35(33)37-19-9-10-20-38(37)42/h3-25,30-31H,26-29H2,1-2H3/i28D2,29D2. The summed E-state index contributed by atoms with van der Waals surface area (Å²) in [6.45, 7) is 3.97. The summed E-state index contributed by atoms with van der Waals surface area (Å²) >= 11 is 0. The normalized spacial score (nSPS) is 18.6. The van der Waals surface area contributed by atoms with Crippen molar-refractivity contribution in [2.45, 2.75) is 44.8 Å². The van der Waals surface area contributed by atoms with Crippen LogP contribution in [-0.2, 0) is 5.41 Å². The Bertz CT molecular complexity index is 2850. The predicted molar refractivity (Wildman–Crippen MR) is 215 cm³/mol. The molecule has 1 fully saturated rings. The highest BCUT2D eigenvalue weighted by Gasteiger charge is 2.46. The van der Waals surface area contributed by atoms with Crippen LogP contribution in [0.5, 0.6) is 0 Å². The Labute approximate surface area is 310 Å². The summed E-state index contributed by atoms with van der Waals surface area (Å²) in [5, 5.41) is 4.45. The van der Waals surface area contributed by atoms with Gasteiger partial charge in [-0.1, -0.05) is 153 Å². The molecule has 0 amide bonds. The second kappa shape index (κ2) is 11.8. The lowest BCUT2D eigenvalue weighted by atomic mass is 9.61. The van der Waals surface area contributed by atoms with Gasteiger partial charge in [0.25, 0.3) is 0 Å². The molecule has 2 aliphatic rings. The minimum atomic E-state index is -1.87. The molecule has 1 aromatic heterocycles. The fourth-order valence-electron chi connectivity index (χ4n) is 8.20. The summed E-state index contributed by atoms with van der Waals surface area (Å²) in [5.41, 5.74) is 5.51. The van der Waals surface area contributed by atoms with Crippen molar-refractivity contribution in [3.8, 4) is 56.4 Å². The van der Waals surface area contributed by atoms with Gasteiger partial charge in [0, 0.05) is 27.6 Å². The summed E-state index contributed by atoms with van der Waals surface area (Å²) in [6.07, 6.45) is -3.25. The molecule has 0 atom stereocenters. The Balaban J connectivity index is 1.20. The van der Waals surface area contributed by atoms with E-state index in [9.17, 15) is 5.48 Å². The van der Waals surface area contributed by atoms with Crippen molar-refractivity contribution < 1.29 is 5.48 Å². The molecule has 0 aliphatic heterocycles. The van der Waals surface area contributed by atoms with Crippen LogP contribution >= 0.6 is 0 Å². The molecular weight excluding hydrogens is 631 g/mol. The van der Waals surface area contributed by atoms with Crippen LogP contribution in [0, 0.1) is 5.41 Å². The maximum Gasteiger partial charge on any atom is 0.164 e. The molecule has 3 nitrogen and oxygen atoms in total. The van der Waals surface area contributed by atoms with Gasteiger partial charge < -0.3 is 0 Å². The van der Waals surface area contributed by atoms with E-state index in [2.05, 4.69) is 66.7 Å². The lowest BCUT2D eigenvalue weighted by Crippen LogP contribution is -2.34. The second-order valence-electron chi connectivity index (χ2n) is 14.8. The molecule has 1 spiro atoms. The van der Waals surface area contributed by atoms with Crippen molar-refractivity contribution in [2.24, 2.45) is 5.41 Å². The van der Waals surface area contributed by atoms with Crippen molar-refractivity contribution in [2.75, 3.05) is 0 Å². The summed E-state index contributed by atoms with van der Waals surface area (Å²) < 4.78 is 38.9. The minimum absolute atomic E-state index is 0.244. The number of hydrogen-bond donors (Lipinski definition) is 0. The molecule has 3 heteroatoms. The monoisotopic (exact) mass is 673 g/mol. The van der Waals surface area contributed by atoms with Gasteiger partial charge in [0.15, 0.2) is 17.5 Å². The topological polar surface area (TPSA) is 38.7 Å². The highest BCUT2D eigenvalue weighted by Crippen LogP contribution is 2.59. The molecule has 1 heterocycles. The lowest BCUT2D eigenvalue weighted by molar-refractivity contribution is 0.188. The van der Waals surface area contributed by atoms with E-state index in [1.165, 1.54) is 5.39 Å². The van der Waals surface area contributed by atoms with Gasteiger partial charge in [0.05, 0.1) is 0 Å². The molecule has 7 aromatic carbocycles. The van der Waals surface area contributed by atoms with Crippen LogP contribution in [0.3, 0.4) is 0 Å². The molecular formula is C49H39N3. The maximum atomic E-state index is 9.71. The Morgan fingerprint density at radius 3 is 1.81 bits per heavy atom. The summed E-state index contributed by atoms with van der Waals surface area (Å²) in [6, 6.07) is 51.0. The average molecular weight is 674 g/mol. The zero-order chi connectivity index (χ0) is 38.5. The quantitative estimate of drug-likeness (QED) is 0.175. The van der Waals surface area contributed by atoms with Gasteiger partial charge >= 0.3 is 0 Å². The van der Waals surface area contributed by atoms with E-state index in [1.807, 2.05) is 98.8 Å². The van der Waals surface area contributed by atoms with Crippen LogP contribution in [0.4, 0.5) is 0 Å². The van der Waals surface area contributed by atoms with Crippen LogP contribution in [0.1, 0.15) is 56.0 Å². The first kappa shape index (κ1) is 26.8. The first-order valence-electron chi connectivity index (χ1n) is 20.0. The van der Waals surface area contributed by atoms with Gasteiger partial charge in [-0.25, -0.2) is 15.0 Å². The summed E-state index contributed by atoms with van der Waals surface area (Å²) in [7, 11) is 0. The first-order chi connectivity index (χ1) is 27.0. The van der Waals surface area contributed by atoms with Crippen molar-refractivity contribution in [1.29, 1.82) is 0 Å². The molecule has 0 saturated heterocycles. The highest BCUT2D eigenvalue weighted by molar-refractivity contribution is 6.13. The van der Waals surface area contributed by atoms with Crippen molar-refractivity contribution in [3.63, 3.8) is 0 Å². The van der Waals surface area contributed by atoms with Gasteiger partial charge in [-0.05, 0) is 98.1 Å². The van der Waals surface area contributed by atoms with E-state index in [4.69, 9.17) is 15.0 Å². The van der Waals surface area contributed by atoms with E-state index in [0.29, 0.717) is 23.0 Å². The molecule has 250 valence electrons. The summed E-state index contributed by atoms with van der Waals surface area (Å²) in [4.78, 5) is 15.5. The Kier molecular flexibility index (Phi) is 6.09. The molecule has 0 unspecified atom stereocenters. The van der Waals surface area contributed by atoms with Crippen LogP contribution in [-0.4, -0.2) is 15.0 Å². The molecule has 0 radical (unpaired) electrons. The smallest absolute Gasteiger partial charge is 0.164 e. The zero-order valence-corrected chi connectivity index (χ0v) is 29.2. The third-order valence-electron chi connectivity index (χ3n) is 10.9. The molecule has 8 aromatic rings. The number of fused-ring (bicyclic) bond motifs is 8. The first-order valence-corrected chi connectivity index (χ1v) is 18.0. The van der Waals surface area contributed by atoms with E-state index in [1.54, 1.807) is 0 Å². The fourth-order valence-corrected chi connectivity index (χ4v) is 8.20. The number of aromatic nitrogens is 3. The average Bonchev–Trinajstić information content (AvgIpc) is 3.51. The van der Waals surface area contributed by atoms with Gasteiger partial charge in [0.2, 0.25) is 0 Å². The minimum Gasteiger partial charge on any atom is -0.208 e. The third-order valence-corrected chi connectivity index (χ3v) is 10.9. The van der Waals surface area contributed by atoms with E-state index in [-0.39, 0.29) is 12.8 Å². The Hall–Kier alpha value is -5.93. The Morgan fingerprint density at radius 1 is 0.442 bits per heavy atom. The molecule has 10 rings (SSSR count). The van der Waals surface area contributed by atoms with E-state index < -0.39 is 23.6 Å². The van der Waals surface area contributed by atoms with Gasteiger partial charge in [-0.2, -0.15) is 0 Å². The summed E-state index contributed by atoms with van der Waals surface area (Å²) in [5.74, 6) is 1.65. The Morgan fingerprint density at radius 2 is 1.02 bits per heavy atom. The van der Waals surface area contributed by atoms with Gasteiger partial charge in [-0.15, -0.1) is 0 Å². The van der Waals surface area contributed by atoms with Crippen LogP contribution in [0.15, 0.2) is 152 Å². The fraction of sp³-hybridized carbons (Fsp3) is 0.163. The zero-order valence-electron chi connectivity index (χ0n) is 33.2. The van der Waals surface area contributed by atoms with E-state index >= 15 is 0 Å². The van der Waals surface area contributed by atoms with E-state index in [0.717, 1.165) is 60.7 Å². The van der Waals surface area contributed by atoms with Crippen molar-refractivity contribution >= 4 is 21.5 Å². The largest absolute Gasteiger partial charge is 0.208 e. The van der Waals surface area contributed by atoms with Crippen LogP contribution < -0.4 is 0 Å². The SMILES string of the molecule is [2H]C1([2H])CC(C)(C)CC([2H])([2H])C12c1ccccc1-c1ccc(-c3ccccc3-c3nc(-c4ccccc4)nc(-c4cc5ccccc5c5ccccc45)n3)cc12. The predicted octanol–water partition coefficient (Wildman–Crippen LogP) is 12.7. The van der Waals surface area contributed by atoms with Crippen molar-refractivity contribution in [3.05, 3.63) is 163 Å². The van der Waals surface area contributed by atoms with Crippen molar-refractivity contribution in [1.82, 2.24) is 15.0 Å². The third kappa shape index (κ3) is 4.91. The number of rotatable bonds is 4. The molecule has 0 N–H and O–H groups in total. The van der Waals surface area contributed by atoms with Crippen LogP contribution in [0.2, 0.25) is 0 Å². The number of hydrogen-bond acceptors (Lipinski definition) is 3. The van der Waals surface area contributed by atoms with Gasteiger partial charge in [0.1, 0.15) is 0 Å². The number of benzene rings is 7. The second-order valence-corrected chi connectivity index (χ2v) is 14.8.